The molecular formula is C27H33N3O3. The number of carbonyl (C=O) groups excluding carboxylic acids is 1. The van der Waals surface area contributed by atoms with Crippen molar-refractivity contribution >= 4 is 22.9 Å². The summed E-state index contributed by atoms with van der Waals surface area (Å²) in [7, 11) is 0. The van der Waals surface area contributed by atoms with Gasteiger partial charge in [0.2, 0.25) is 5.91 Å². The number of rotatable bonds is 6. The molecule has 2 amide bonds. The minimum absolute atomic E-state index is 0.188. The Hall–Kier alpha value is -3.41. The molecule has 0 saturated heterocycles. The molecule has 0 atom stereocenters. The van der Waals surface area contributed by atoms with Gasteiger partial charge in [-0.2, -0.15) is 0 Å². The number of benzene rings is 2. The predicted octanol–water partition coefficient (Wildman–Crippen LogP) is 5.79. The van der Waals surface area contributed by atoms with E-state index < -0.39 is 17.5 Å². The molecule has 1 aromatic heterocycles. The van der Waals surface area contributed by atoms with E-state index in [1.54, 1.807) is 12.1 Å². The SMILES string of the molecule is Cc1ccc(-c2c(CN(C(=O)O)C(C)(C)C)c(CC(C)C)nc3ccc(C(N)=O)cc23)cc1. The molecule has 0 aliphatic carbocycles. The highest BCUT2D eigenvalue weighted by Crippen LogP contribution is 2.36. The van der Waals surface area contributed by atoms with Crippen molar-refractivity contribution in [2.75, 3.05) is 0 Å². The average Bonchev–Trinajstić information content (AvgIpc) is 2.70. The molecule has 6 heteroatoms. The highest BCUT2D eigenvalue weighted by molar-refractivity contribution is 6.02. The van der Waals surface area contributed by atoms with Crippen LogP contribution >= 0.6 is 0 Å². The maximum atomic E-state index is 12.2. The summed E-state index contributed by atoms with van der Waals surface area (Å²) in [6.07, 6.45) is -0.280. The molecule has 3 aromatic rings. The first kappa shape index (κ1) is 24.2. The van der Waals surface area contributed by atoms with Crippen molar-refractivity contribution in [2.45, 2.75) is 60.0 Å². The lowest BCUT2D eigenvalue weighted by Crippen LogP contribution is -2.44. The third-order valence-corrected chi connectivity index (χ3v) is 5.75. The van der Waals surface area contributed by atoms with Gasteiger partial charge in [0.25, 0.3) is 0 Å². The molecule has 0 radical (unpaired) electrons. The molecule has 3 N–H and O–H groups in total. The van der Waals surface area contributed by atoms with Gasteiger partial charge in [-0.15, -0.1) is 0 Å². The zero-order valence-corrected chi connectivity index (χ0v) is 20.3. The number of fused-ring (bicyclic) bond motifs is 1. The fourth-order valence-corrected chi connectivity index (χ4v) is 4.03. The lowest BCUT2D eigenvalue weighted by atomic mass is 9.89. The number of carboxylic acid groups (broad SMARTS) is 1. The van der Waals surface area contributed by atoms with Crippen LogP contribution in [0.25, 0.3) is 22.0 Å². The van der Waals surface area contributed by atoms with Crippen molar-refractivity contribution in [2.24, 2.45) is 11.7 Å². The molecule has 0 unspecified atom stereocenters. The van der Waals surface area contributed by atoms with Crippen molar-refractivity contribution in [3.63, 3.8) is 0 Å². The van der Waals surface area contributed by atoms with Gasteiger partial charge in [0.1, 0.15) is 0 Å². The standard InChI is InChI=1S/C27H33N3O3/c1-16(2)13-23-21(15-30(26(32)33)27(4,5)6)24(18-9-7-17(3)8-10-18)20-14-19(25(28)31)11-12-22(20)29-23/h7-12,14,16H,13,15H2,1-6H3,(H2,28,31)(H,32,33). The zero-order chi connectivity index (χ0) is 24.5. The highest BCUT2D eigenvalue weighted by Gasteiger charge is 2.29. The van der Waals surface area contributed by atoms with Crippen LogP contribution in [0.4, 0.5) is 4.79 Å². The monoisotopic (exact) mass is 447 g/mol. The third-order valence-electron chi connectivity index (χ3n) is 5.75. The van der Waals surface area contributed by atoms with Crippen LogP contribution in [0.15, 0.2) is 42.5 Å². The second-order valence-corrected chi connectivity index (χ2v) is 10.0. The van der Waals surface area contributed by atoms with E-state index in [1.807, 2.05) is 58.0 Å². The largest absolute Gasteiger partial charge is 0.465 e. The van der Waals surface area contributed by atoms with Crippen LogP contribution in [0.1, 0.15) is 61.8 Å². The number of pyridine rings is 1. The first-order chi connectivity index (χ1) is 15.4. The fraction of sp³-hybridized carbons (Fsp3) is 0.370. The third kappa shape index (κ3) is 5.33. The average molecular weight is 448 g/mol. The van der Waals surface area contributed by atoms with Crippen LogP contribution in [0.3, 0.4) is 0 Å². The summed E-state index contributed by atoms with van der Waals surface area (Å²) < 4.78 is 0. The van der Waals surface area contributed by atoms with E-state index >= 15 is 0 Å². The Morgan fingerprint density at radius 2 is 1.73 bits per heavy atom. The molecule has 0 aliphatic heterocycles. The van der Waals surface area contributed by atoms with Crippen LogP contribution in [0.5, 0.6) is 0 Å². The summed E-state index contributed by atoms with van der Waals surface area (Å²) >= 11 is 0. The van der Waals surface area contributed by atoms with Crippen molar-refractivity contribution in [1.82, 2.24) is 9.88 Å². The lowest BCUT2D eigenvalue weighted by molar-refractivity contribution is 0.0952. The summed E-state index contributed by atoms with van der Waals surface area (Å²) in [5.74, 6) is -0.182. The Morgan fingerprint density at radius 1 is 1.09 bits per heavy atom. The van der Waals surface area contributed by atoms with Gasteiger partial charge in [-0.05, 0) is 69.4 Å². The van der Waals surface area contributed by atoms with E-state index in [9.17, 15) is 14.7 Å². The summed E-state index contributed by atoms with van der Waals surface area (Å²) in [4.78, 5) is 30.6. The number of carbonyl (C=O) groups is 2. The minimum Gasteiger partial charge on any atom is -0.465 e. The number of aryl methyl sites for hydroxylation is 1. The molecule has 2 aromatic carbocycles. The Balaban J connectivity index is 2.42. The summed E-state index contributed by atoms with van der Waals surface area (Å²) in [6.45, 7) is 12.1. The van der Waals surface area contributed by atoms with Gasteiger partial charge < -0.3 is 10.8 Å². The molecule has 174 valence electrons. The van der Waals surface area contributed by atoms with Crippen molar-refractivity contribution < 1.29 is 14.7 Å². The van der Waals surface area contributed by atoms with Crippen LogP contribution in [0.2, 0.25) is 0 Å². The van der Waals surface area contributed by atoms with Gasteiger partial charge in [-0.1, -0.05) is 43.7 Å². The van der Waals surface area contributed by atoms with Gasteiger partial charge in [0.05, 0.1) is 12.1 Å². The smallest absolute Gasteiger partial charge is 0.408 e. The first-order valence-corrected chi connectivity index (χ1v) is 11.2. The predicted molar refractivity (Wildman–Crippen MR) is 132 cm³/mol. The Labute approximate surface area is 195 Å². The van der Waals surface area contributed by atoms with E-state index in [4.69, 9.17) is 10.7 Å². The Morgan fingerprint density at radius 3 is 2.24 bits per heavy atom. The van der Waals surface area contributed by atoms with E-state index in [1.165, 1.54) is 4.90 Å². The highest BCUT2D eigenvalue weighted by atomic mass is 16.4. The second kappa shape index (κ2) is 9.22. The van der Waals surface area contributed by atoms with Crippen LogP contribution in [-0.4, -0.2) is 32.5 Å². The number of hydrogen-bond donors (Lipinski definition) is 2. The summed E-state index contributed by atoms with van der Waals surface area (Å²) in [5, 5.41) is 10.8. The molecule has 0 saturated carbocycles. The topological polar surface area (TPSA) is 96.5 Å². The number of hydrogen-bond acceptors (Lipinski definition) is 3. The normalized spacial score (nSPS) is 11.7. The quantitative estimate of drug-likeness (QED) is 0.500. The maximum Gasteiger partial charge on any atom is 0.408 e. The Bertz CT molecular complexity index is 1190. The maximum absolute atomic E-state index is 12.2. The van der Waals surface area contributed by atoms with E-state index in [-0.39, 0.29) is 6.54 Å². The molecule has 0 aliphatic rings. The molecule has 3 rings (SSSR count). The zero-order valence-electron chi connectivity index (χ0n) is 20.3. The fourth-order valence-electron chi connectivity index (χ4n) is 4.03. The molecule has 0 bridgehead atoms. The molecule has 6 nitrogen and oxygen atoms in total. The molecule has 1 heterocycles. The van der Waals surface area contributed by atoms with Gasteiger partial charge in [0, 0.05) is 27.7 Å². The van der Waals surface area contributed by atoms with Crippen molar-refractivity contribution in [3.05, 3.63) is 64.8 Å². The van der Waals surface area contributed by atoms with Crippen molar-refractivity contribution in [1.29, 1.82) is 0 Å². The summed E-state index contributed by atoms with van der Waals surface area (Å²) in [6, 6.07) is 13.4. The molecular weight excluding hydrogens is 414 g/mol. The Kier molecular flexibility index (Phi) is 6.77. The number of nitrogens with zero attached hydrogens (tertiary/aromatic N) is 2. The number of aromatic nitrogens is 1. The van der Waals surface area contributed by atoms with Gasteiger partial charge in [-0.25, -0.2) is 4.79 Å². The van der Waals surface area contributed by atoms with Gasteiger partial charge in [-0.3, -0.25) is 14.7 Å². The van der Waals surface area contributed by atoms with E-state index in [2.05, 4.69) is 13.8 Å². The van der Waals surface area contributed by atoms with E-state index in [0.717, 1.165) is 38.9 Å². The lowest BCUT2D eigenvalue weighted by Gasteiger charge is -2.34. The van der Waals surface area contributed by atoms with Crippen molar-refractivity contribution in [3.8, 4) is 11.1 Å². The van der Waals surface area contributed by atoms with Crippen LogP contribution < -0.4 is 5.73 Å². The molecule has 0 fully saturated rings. The first-order valence-electron chi connectivity index (χ1n) is 11.2. The van der Waals surface area contributed by atoms with E-state index in [0.29, 0.717) is 17.9 Å². The number of primary amides is 1. The molecule has 0 spiro atoms. The number of amides is 2. The minimum atomic E-state index is -0.987. The second-order valence-electron chi connectivity index (χ2n) is 10.0. The van der Waals surface area contributed by atoms with Gasteiger partial charge in [0.15, 0.2) is 0 Å². The number of nitrogens with two attached hydrogens (primary N) is 1. The van der Waals surface area contributed by atoms with Gasteiger partial charge >= 0.3 is 6.09 Å². The van der Waals surface area contributed by atoms with Crippen LogP contribution in [-0.2, 0) is 13.0 Å². The molecule has 33 heavy (non-hydrogen) atoms. The summed E-state index contributed by atoms with van der Waals surface area (Å²) in [5.41, 5.74) is 10.8. The van der Waals surface area contributed by atoms with Crippen LogP contribution in [0, 0.1) is 12.8 Å².